The third-order valence-electron chi connectivity index (χ3n) is 3.65. The van der Waals surface area contributed by atoms with Crippen LogP contribution in [0.1, 0.15) is 18.0 Å². The van der Waals surface area contributed by atoms with E-state index in [4.69, 9.17) is 16.3 Å². The summed E-state index contributed by atoms with van der Waals surface area (Å²) in [5.41, 5.74) is 1.07. The summed E-state index contributed by atoms with van der Waals surface area (Å²) in [6.45, 7) is 0.456. The van der Waals surface area contributed by atoms with Gasteiger partial charge >= 0.3 is 11.8 Å². The van der Waals surface area contributed by atoms with Crippen LogP contribution >= 0.6 is 11.6 Å². The zero-order chi connectivity index (χ0) is 17.1. The minimum atomic E-state index is -0.846. The molecule has 0 bridgehead atoms. The van der Waals surface area contributed by atoms with Crippen LogP contribution in [0.3, 0.4) is 0 Å². The Bertz CT molecular complexity index is 797. The molecule has 1 atom stereocenters. The number of carbonyl (C=O) groups excluding carboxylic acids is 2. The third kappa shape index (κ3) is 3.49. The van der Waals surface area contributed by atoms with Crippen molar-refractivity contribution in [3.63, 3.8) is 0 Å². The summed E-state index contributed by atoms with van der Waals surface area (Å²) in [7, 11) is 0. The molecular weight excluding hydrogens is 335 g/mol. The van der Waals surface area contributed by atoms with Crippen molar-refractivity contribution >= 4 is 29.1 Å². The van der Waals surface area contributed by atoms with Crippen molar-refractivity contribution in [1.82, 2.24) is 5.32 Å². The Balaban J connectivity index is 1.67. The van der Waals surface area contributed by atoms with E-state index in [1.165, 1.54) is 12.1 Å². The highest BCUT2D eigenvalue weighted by atomic mass is 35.5. The Morgan fingerprint density at radius 1 is 1.17 bits per heavy atom. The van der Waals surface area contributed by atoms with Gasteiger partial charge in [-0.15, -0.1) is 0 Å². The molecule has 2 aromatic carbocycles. The Labute approximate surface area is 142 Å². The van der Waals surface area contributed by atoms with Crippen molar-refractivity contribution in [3.8, 4) is 5.75 Å². The molecule has 1 aliphatic heterocycles. The Kier molecular flexibility index (Phi) is 4.66. The molecule has 3 rings (SSSR count). The third-order valence-corrected chi connectivity index (χ3v) is 3.94. The molecule has 124 valence electrons. The van der Waals surface area contributed by atoms with Crippen LogP contribution in [0.15, 0.2) is 42.5 Å². The first-order chi connectivity index (χ1) is 11.5. The fourth-order valence-corrected chi connectivity index (χ4v) is 2.66. The van der Waals surface area contributed by atoms with E-state index in [0.29, 0.717) is 18.8 Å². The highest BCUT2D eigenvalue weighted by Crippen LogP contribution is 2.31. The van der Waals surface area contributed by atoms with Crippen LogP contribution in [0, 0.1) is 5.82 Å². The Hall–Kier alpha value is -2.60. The molecule has 5 nitrogen and oxygen atoms in total. The molecule has 0 spiro atoms. The van der Waals surface area contributed by atoms with Gasteiger partial charge in [0, 0.05) is 17.7 Å². The Morgan fingerprint density at radius 2 is 1.96 bits per heavy atom. The zero-order valence-electron chi connectivity index (χ0n) is 12.5. The van der Waals surface area contributed by atoms with Gasteiger partial charge in [-0.05, 0) is 24.3 Å². The maximum absolute atomic E-state index is 13.1. The van der Waals surface area contributed by atoms with Crippen molar-refractivity contribution < 1.29 is 18.7 Å². The minimum Gasteiger partial charge on any atom is -0.493 e. The van der Waals surface area contributed by atoms with E-state index in [9.17, 15) is 14.0 Å². The number of halogens is 2. The Morgan fingerprint density at radius 3 is 2.75 bits per heavy atom. The normalized spacial score (nSPS) is 15.8. The molecule has 7 heteroatoms. The van der Waals surface area contributed by atoms with Gasteiger partial charge in [0.15, 0.2) is 0 Å². The summed E-state index contributed by atoms with van der Waals surface area (Å²) >= 11 is 5.65. The van der Waals surface area contributed by atoms with E-state index in [2.05, 4.69) is 10.6 Å². The van der Waals surface area contributed by atoms with Crippen molar-refractivity contribution in [2.45, 2.75) is 12.5 Å². The number of fused-ring (bicyclic) bond motifs is 1. The number of rotatable bonds is 2. The molecule has 0 radical (unpaired) electrons. The van der Waals surface area contributed by atoms with Crippen molar-refractivity contribution in [2.24, 2.45) is 0 Å². The first-order valence-electron chi connectivity index (χ1n) is 7.33. The lowest BCUT2D eigenvalue weighted by atomic mass is 10.0. The second-order valence-electron chi connectivity index (χ2n) is 5.28. The molecule has 0 saturated carbocycles. The summed E-state index contributed by atoms with van der Waals surface area (Å²) in [5, 5.41) is 4.94. The molecule has 1 unspecified atom stereocenters. The lowest BCUT2D eigenvalue weighted by molar-refractivity contribution is -0.136. The van der Waals surface area contributed by atoms with Gasteiger partial charge in [0.25, 0.3) is 0 Å². The van der Waals surface area contributed by atoms with Gasteiger partial charge in [-0.25, -0.2) is 4.39 Å². The topological polar surface area (TPSA) is 67.4 Å². The van der Waals surface area contributed by atoms with E-state index >= 15 is 0 Å². The monoisotopic (exact) mass is 348 g/mol. The van der Waals surface area contributed by atoms with Crippen LogP contribution in [0.4, 0.5) is 10.1 Å². The molecule has 0 fully saturated rings. The van der Waals surface area contributed by atoms with E-state index in [-0.39, 0.29) is 16.8 Å². The highest BCUT2D eigenvalue weighted by Gasteiger charge is 2.25. The van der Waals surface area contributed by atoms with Crippen molar-refractivity contribution in [1.29, 1.82) is 0 Å². The molecule has 2 amide bonds. The smallest absolute Gasteiger partial charge is 0.313 e. The van der Waals surface area contributed by atoms with Gasteiger partial charge < -0.3 is 15.4 Å². The number of hydrogen-bond donors (Lipinski definition) is 2. The van der Waals surface area contributed by atoms with Crippen molar-refractivity contribution in [2.75, 3.05) is 11.9 Å². The molecule has 24 heavy (non-hydrogen) atoms. The van der Waals surface area contributed by atoms with E-state index in [1.54, 1.807) is 0 Å². The number of nitrogens with one attached hydrogen (secondary N) is 2. The SMILES string of the molecule is O=C(Nc1ccc(F)c(Cl)c1)C(=O)NC1CCOc2ccccc21. The van der Waals surface area contributed by atoms with Gasteiger partial charge in [0.05, 0.1) is 17.7 Å². The minimum absolute atomic E-state index is 0.133. The van der Waals surface area contributed by atoms with Gasteiger partial charge in [0.1, 0.15) is 11.6 Å². The number of para-hydroxylation sites is 1. The molecule has 0 aromatic heterocycles. The summed E-state index contributed by atoms with van der Waals surface area (Å²) in [4.78, 5) is 24.1. The van der Waals surface area contributed by atoms with E-state index < -0.39 is 17.6 Å². The summed E-state index contributed by atoms with van der Waals surface area (Å²) in [6.07, 6.45) is 0.568. The molecule has 1 aliphatic rings. The number of anilines is 1. The maximum atomic E-state index is 13.1. The number of amides is 2. The number of benzene rings is 2. The fourth-order valence-electron chi connectivity index (χ4n) is 2.48. The number of carbonyl (C=O) groups is 2. The van der Waals surface area contributed by atoms with E-state index in [1.807, 2.05) is 24.3 Å². The molecule has 2 aromatic rings. The first-order valence-corrected chi connectivity index (χ1v) is 7.71. The van der Waals surface area contributed by atoms with Crippen LogP contribution in [0.5, 0.6) is 5.75 Å². The van der Waals surface area contributed by atoms with Gasteiger partial charge in [0.2, 0.25) is 0 Å². The maximum Gasteiger partial charge on any atom is 0.313 e. The second-order valence-corrected chi connectivity index (χ2v) is 5.69. The lowest BCUT2D eigenvalue weighted by Crippen LogP contribution is -2.39. The lowest BCUT2D eigenvalue weighted by Gasteiger charge is -2.26. The van der Waals surface area contributed by atoms with Crippen LogP contribution in [-0.4, -0.2) is 18.4 Å². The second kappa shape index (κ2) is 6.88. The predicted octanol–water partition coefficient (Wildman–Crippen LogP) is 3.06. The summed E-state index contributed by atoms with van der Waals surface area (Å²) in [5.74, 6) is -1.53. The standard InChI is InChI=1S/C17H14ClFN2O3/c18-12-9-10(5-6-13(12)19)20-16(22)17(23)21-14-7-8-24-15-4-2-1-3-11(14)15/h1-6,9,14H,7-8H2,(H,20,22)(H,21,23). The average molecular weight is 349 g/mol. The molecule has 1 heterocycles. The summed E-state index contributed by atoms with van der Waals surface area (Å²) < 4.78 is 18.6. The average Bonchev–Trinajstić information content (AvgIpc) is 2.58. The molecule has 0 saturated heterocycles. The van der Waals surface area contributed by atoms with Crippen molar-refractivity contribution in [3.05, 3.63) is 58.9 Å². The van der Waals surface area contributed by atoms with E-state index in [0.717, 1.165) is 11.6 Å². The fraction of sp³-hybridized carbons (Fsp3) is 0.176. The van der Waals surface area contributed by atoms with Crippen LogP contribution in [0.25, 0.3) is 0 Å². The quantitative estimate of drug-likeness (QED) is 0.820. The molecule has 2 N–H and O–H groups in total. The number of ether oxygens (including phenoxy) is 1. The molecular formula is C17H14ClFN2O3. The highest BCUT2D eigenvalue weighted by molar-refractivity contribution is 6.40. The summed E-state index contributed by atoms with van der Waals surface area (Å²) in [6, 6.07) is 10.7. The van der Waals surface area contributed by atoms with Crippen LogP contribution < -0.4 is 15.4 Å². The predicted molar refractivity (Wildman–Crippen MR) is 87.5 cm³/mol. The number of hydrogen-bond acceptors (Lipinski definition) is 3. The molecule has 0 aliphatic carbocycles. The van der Waals surface area contributed by atoms with Crippen LogP contribution in [0.2, 0.25) is 5.02 Å². The van der Waals surface area contributed by atoms with Crippen LogP contribution in [-0.2, 0) is 9.59 Å². The van der Waals surface area contributed by atoms with Gasteiger partial charge in [-0.1, -0.05) is 29.8 Å². The largest absolute Gasteiger partial charge is 0.493 e. The first kappa shape index (κ1) is 16.3. The zero-order valence-corrected chi connectivity index (χ0v) is 13.3. The van der Waals surface area contributed by atoms with Gasteiger partial charge in [-0.2, -0.15) is 0 Å². The van der Waals surface area contributed by atoms with Gasteiger partial charge in [-0.3, -0.25) is 9.59 Å².